The van der Waals surface area contributed by atoms with E-state index in [2.05, 4.69) is 10.1 Å². The van der Waals surface area contributed by atoms with Crippen molar-refractivity contribution in [3.63, 3.8) is 0 Å². The fourth-order valence-electron chi connectivity index (χ4n) is 1.34. The number of carbonyl (C=O) groups is 1. The fraction of sp³-hybridized carbons (Fsp3) is 0.364. The fourth-order valence-corrected chi connectivity index (χ4v) is 1.82. The molecule has 0 saturated heterocycles. The molecule has 1 aromatic rings. The Labute approximate surface area is 124 Å². The standard InChI is InChI=1S/C11H14F3N3O4S/c1-22(19,20)16-6-9(15)10(18)17-7-3-2-4-8(5-7)21-11(12,13)14/h2-5,9,16H,6,15H2,1H3,(H,17,18). The molecule has 0 radical (unpaired) electrons. The largest absolute Gasteiger partial charge is 0.573 e. The molecule has 1 amide bonds. The van der Waals surface area contributed by atoms with Gasteiger partial charge in [0.15, 0.2) is 0 Å². The number of nitrogens with one attached hydrogen (secondary N) is 2. The number of rotatable bonds is 6. The Bertz CT molecular complexity index is 634. The van der Waals surface area contributed by atoms with Crippen LogP contribution in [-0.2, 0) is 14.8 Å². The second-order valence-corrected chi connectivity index (χ2v) is 6.13. The van der Waals surface area contributed by atoms with Crippen LogP contribution in [-0.4, -0.2) is 39.5 Å². The molecule has 0 heterocycles. The number of hydrogen-bond acceptors (Lipinski definition) is 5. The van der Waals surface area contributed by atoms with E-state index in [1.807, 2.05) is 4.72 Å². The van der Waals surface area contributed by atoms with E-state index in [1.54, 1.807) is 0 Å². The molecule has 124 valence electrons. The van der Waals surface area contributed by atoms with Gasteiger partial charge in [0.25, 0.3) is 0 Å². The lowest BCUT2D eigenvalue weighted by atomic mass is 10.2. The summed E-state index contributed by atoms with van der Waals surface area (Å²) in [6.07, 6.45) is -3.95. The van der Waals surface area contributed by atoms with Crippen LogP contribution in [0, 0.1) is 0 Å². The molecule has 0 bridgehead atoms. The minimum atomic E-state index is -4.85. The molecule has 0 spiro atoms. The van der Waals surface area contributed by atoms with Gasteiger partial charge in [-0.15, -0.1) is 13.2 Å². The quantitative estimate of drug-likeness (QED) is 0.694. The molecule has 0 aliphatic carbocycles. The zero-order valence-corrected chi connectivity index (χ0v) is 12.2. The predicted octanol–water partition coefficient (Wildman–Crippen LogP) is 0.400. The summed E-state index contributed by atoms with van der Waals surface area (Å²) in [6.45, 7) is -0.344. The molecule has 22 heavy (non-hydrogen) atoms. The molecule has 0 aliphatic rings. The van der Waals surface area contributed by atoms with E-state index in [0.29, 0.717) is 0 Å². The summed E-state index contributed by atoms with van der Waals surface area (Å²) in [4.78, 5) is 11.7. The maximum absolute atomic E-state index is 12.1. The molecule has 11 heteroatoms. The molecule has 4 N–H and O–H groups in total. The number of ether oxygens (including phenoxy) is 1. The third-order valence-electron chi connectivity index (χ3n) is 2.24. The Balaban J connectivity index is 2.66. The van der Waals surface area contributed by atoms with Gasteiger partial charge in [0, 0.05) is 18.3 Å². The molecule has 0 fully saturated rings. The smallest absolute Gasteiger partial charge is 0.406 e. The van der Waals surface area contributed by atoms with Crippen molar-refractivity contribution in [1.29, 1.82) is 0 Å². The average Bonchev–Trinajstić information content (AvgIpc) is 2.33. The number of amides is 1. The van der Waals surface area contributed by atoms with Crippen molar-refractivity contribution >= 4 is 21.6 Å². The highest BCUT2D eigenvalue weighted by atomic mass is 32.2. The molecule has 0 aromatic heterocycles. The first kappa shape index (κ1) is 18.2. The first-order valence-electron chi connectivity index (χ1n) is 5.83. The van der Waals surface area contributed by atoms with Crippen LogP contribution in [0.2, 0.25) is 0 Å². The molecule has 0 saturated carbocycles. The van der Waals surface area contributed by atoms with Gasteiger partial charge in [0.2, 0.25) is 15.9 Å². The number of carbonyl (C=O) groups excluding carboxylic acids is 1. The summed E-state index contributed by atoms with van der Waals surface area (Å²) < 4.78 is 63.7. The molecule has 7 nitrogen and oxygen atoms in total. The van der Waals surface area contributed by atoms with Crippen LogP contribution in [0.15, 0.2) is 24.3 Å². The van der Waals surface area contributed by atoms with E-state index in [-0.39, 0.29) is 12.2 Å². The normalized spacial score (nSPS) is 13.5. The molecule has 0 aliphatic heterocycles. The Morgan fingerprint density at radius 3 is 2.59 bits per heavy atom. The summed E-state index contributed by atoms with van der Waals surface area (Å²) >= 11 is 0. The van der Waals surface area contributed by atoms with Crippen molar-refractivity contribution in [2.45, 2.75) is 12.4 Å². The summed E-state index contributed by atoms with van der Waals surface area (Å²) in [5.74, 6) is -1.27. The van der Waals surface area contributed by atoms with E-state index in [4.69, 9.17) is 5.73 Å². The van der Waals surface area contributed by atoms with Crippen LogP contribution in [0.4, 0.5) is 18.9 Å². The molecular formula is C11H14F3N3O4S. The van der Waals surface area contributed by atoms with Gasteiger partial charge in [-0.25, -0.2) is 13.1 Å². The molecule has 1 rings (SSSR count). The van der Waals surface area contributed by atoms with Crippen LogP contribution < -0.4 is 20.5 Å². The van der Waals surface area contributed by atoms with Crippen LogP contribution in [0.25, 0.3) is 0 Å². The van der Waals surface area contributed by atoms with E-state index in [9.17, 15) is 26.4 Å². The number of halogens is 3. The summed E-state index contributed by atoms with van der Waals surface area (Å²) in [7, 11) is -3.51. The Kier molecular flexibility index (Phi) is 5.74. The first-order valence-corrected chi connectivity index (χ1v) is 7.72. The third-order valence-corrected chi connectivity index (χ3v) is 2.93. The van der Waals surface area contributed by atoms with Gasteiger partial charge in [-0.05, 0) is 12.1 Å². The van der Waals surface area contributed by atoms with Crippen LogP contribution >= 0.6 is 0 Å². The lowest BCUT2D eigenvalue weighted by Gasteiger charge is -2.14. The number of hydrogen-bond donors (Lipinski definition) is 3. The van der Waals surface area contributed by atoms with Gasteiger partial charge in [-0.1, -0.05) is 6.07 Å². The van der Waals surface area contributed by atoms with Crippen molar-refractivity contribution in [1.82, 2.24) is 4.72 Å². The van der Waals surface area contributed by atoms with E-state index in [0.717, 1.165) is 18.4 Å². The summed E-state index contributed by atoms with van der Waals surface area (Å²) in [6, 6.07) is 3.40. The third kappa shape index (κ3) is 7.24. The average molecular weight is 341 g/mol. The number of sulfonamides is 1. The SMILES string of the molecule is CS(=O)(=O)NCC(N)C(=O)Nc1cccc(OC(F)(F)F)c1. The molecule has 1 atom stereocenters. The van der Waals surface area contributed by atoms with Gasteiger partial charge in [0.1, 0.15) is 5.75 Å². The van der Waals surface area contributed by atoms with Crippen molar-refractivity contribution < 1.29 is 31.1 Å². The van der Waals surface area contributed by atoms with Crippen molar-refractivity contribution in [3.05, 3.63) is 24.3 Å². The second-order valence-electron chi connectivity index (χ2n) is 4.29. The zero-order valence-electron chi connectivity index (χ0n) is 11.3. The van der Waals surface area contributed by atoms with E-state index >= 15 is 0 Å². The number of alkyl halides is 3. The van der Waals surface area contributed by atoms with Gasteiger partial charge < -0.3 is 15.8 Å². The maximum atomic E-state index is 12.1. The van der Waals surface area contributed by atoms with Crippen LogP contribution in [0.3, 0.4) is 0 Å². The van der Waals surface area contributed by atoms with Crippen molar-refractivity contribution in [2.75, 3.05) is 18.1 Å². The molecule has 1 aromatic carbocycles. The lowest BCUT2D eigenvalue weighted by molar-refractivity contribution is -0.274. The number of benzene rings is 1. The second kappa shape index (κ2) is 6.94. The van der Waals surface area contributed by atoms with Gasteiger partial charge >= 0.3 is 6.36 Å². The highest BCUT2D eigenvalue weighted by Gasteiger charge is 2.31. The maximum Gasteiger partial charge on any atom is 0.573 e. The molecule has 1 unspecified atom stereocenters. The monoisotopic (exact) mass is 341 g/mol. The lowest BCUT2D eigenvalue weighted by Crippen LogP contribution is -2.44. The highest BCUT2D eigenvalue weighted by Crippen LogP contribution is 2.24. The number of anilines is 1. The van der Waals surface area contributed by atoms with E-state index < -0.39 is 34.1 Å². The predicted molar refractivity (Wildman–Crippen MR) is 72.6 cm³/mol. The van der Waals surface area contributed by atoms with Crippen LogP contribution in [0.1, 0.15) is 0 Å². The van der Waals surface area contributed by atoms with Gasteiger partial charge in [0.05, 0.1) is 12.3 Å². The Hall–Kier alpha value is -1.85. The van der Waals surface area contributed by atoms with Crippen molar-refractivity contribution in [2.24, 2.45) is 5.73 Å². The first-order chi connectivity index (χ1) is 9.96. The Morgan fingerprint density at radius 2 is 2.05 bits per heavy atom. The minimum Gasteiger partial charge on any atom is -0.406 e. The zero-order chi connectivity index (χ0) is 17.0. The van der Waals surface area contributed by atoms with Crippen molar-refractivity contribution in [3.8, 4) is 5.75 Å². The van der Waals surface area contributed by atoms with Crippen LogP contribution in [0.5, 0.6) is 5.75 Å². The van der Waals surface area contributed by atoms with Gasteiger partial charge in [-0.3, -0.25) is 4.79 Å². The van der Waals surface area contributed by atoms with E-state index in [1.165, 1.54) is 12.1 Å². The highest BCUT2D eigenvalue weighted by molar-refractivity contribution is 7.88. The van der Waals surface area contributed by atoms with Gasteiger partial charge in [-0.2, -0.15) is 0 Å². The topological polar surface area (TPSA) is 111 Å². The minimum absolute atomic E-state index is 0.0292. The number of nitrogens with two attached hydrogens (primary N) is 1. The summed E-state index contributed by atoms with van der Waals surface area (Å²) in [5.41, 5.74) is 5.49. The Morgan fingerprint density at radius 1 is 1.41 bits per heavy atom. The summed E-state index contributed by atoms with van der Waals surface area (Å²) in [5, 5.41) is 2.26. The molecular weight excluding hydrogens is 327 g/mol.